The molecule has 0 saturated carbocycles. The van der Waals surface area contributed by atoms with Gasteiger partial charge in [-0.05, 0) is 68.6 Å². The molecule has 4 rings (SSSR count). The predicted molar refractivity (Wildman–Crippen MR) is 107 cm³/mol. The molecule has 3 aromatic rings. The summed E-state index contributed by atoms with van der Waals surface area (Å²) in [4.78, 5) is 4.64. The maximum Gasteiger partial charge on any atom is 0.226 e. The maximum absolute atomic E-state index is 5.99. The first-order valence-corrected chi connectivity index (χ1v) is 9.72. The number of benzene rings is 2. The zero-order valence-corrected chi connectivity index (χ0v) is 15.8. The number of rotatable bonds is 7. The van der Waals surface area contributed by atoms with Crippen molar-refractivity contribution in [3.63, 3.8) is 0 Å². The summed E-state index contributed by atoms with van der Waals surface area (Å²) in [6, 6.07) is 18.5. The number of hydrogen-bond donors (Lipinski definition) is 1. The molecule has 0 amide bonds. The van der Waals surface area contributed by atoms with E-state index >= 15 is 0 Å². The van der Waals surface area contributed by atoms with Gasteiger partial charge >= 0.3 is 0 Å². The topological polar surface area (TPSA) is 47.3 Å². The summed E-state index contributed by atoms with van der Waals surface area (Å²) in [5.74, 6) is 3.22. The van der Waals surface area contributed by atoms with Crippen molar-refractivity contribution in [1.29, 1.82) is 0 Å². The van der Waals surface area contributed by atoms with E-state index in [-0.39, 0.29) is 0 Å². The van der Waals surface area contributed by atoms with Crippen molar-refractivity contribution in [3.8, 4) is 17.2 Å². The molecule has 1 aliphatic rings. The lowest BCUT2D eigenvalue weighted by atomic mass is 9.99. The minimum Gasteiger partial charge on any atom is -0.493 e. The highest BCUT2D eigenvalue weighted by molar-refractivity contribution is 5.53. The number of aryl methyl sites for hydroxylation is 1. The summed E-state index contributed by atoms with van der Waals surface area (Å²) in [5.41, 5.74) is 3.31. The SMILES string of the molecule is Cc1oc(-c2ccccc2)nc1CCOc1cccc(C[C@H]2CCNC2)c1. The molecular weight excluding hydrogens is 336 g/mol. The standard InChI is InChI=1S/C23H26N2O2/c1-17-22(25-23(27-17)20-7-3-2-4-8-20)11-13-26-21-9-5-6-18(15-21)14-19-10-12-24-16-19/h2-9,15,19,24H,10-14,16H2,1H3/t19-/m1/s1. The summed E-state index contributed by atoms with van der Waals surface area (Å²) in [6.45, 7) is 4.82. The van der Waals surface area contributed by atoms with Crippen LogP contribution in [-0.4, -0.2) is 24.7 Å². The van der Waals surface area contributed by atoms with Crippen molar-refractivity contribution in [1.82, 2.24) is 10.3 Å². The van der Waals surface area contributed by atoms with Gasteiger partial charge in [0.15, 0.2) is 0 Å². The first-order chi connectivity index (χ1) is 13.3. The second-order valence-corrected chi connectivity index (χ2v) is 7.20. The third kappa shape index (κ3) is 4.58. The summed E-state index contributed by atoms with van der Waals surface area (Å²) in [5, 5.41) is 3.43. The Balaban J connectivity index is 1.34. The lowest BCUT2D eigenvalue weighted by molar-refractivity contribution is 0.319. The maximum atomic E-state index is 5.99. The van der Waals surface area contributed by atoms with Crippen molar-refractivity contribution < 1.29 is 9.15 Å². The van der Waals surface area contributed by atoms with Crippen molar-refractivity contribution in [2.75, 3.05) is 19.7 Å². The summed E-state index contributed by atoms with van der Waals surface area (Å²) in [6.07, 6.45) is 3.12. The van der Waals surface area contributed by atoms with Crippen LogP contribution >= 0.6 is 0 Å². The second kappa shape index (κ2) is 8.40. The van der Waals surface area contributed by atoms with E-state index in [4.69, 9.17) is 9.15 Å². The minimum absolute atomic E-state index is 0.593. The molecular formula is C23H26N2O2. The molecule has 1 fully saturated rings. The number of oxazole rings is 1. The Hall–Kier alpha value is -2.59. The number of nitrogens with zero attached hydrogens (tertiary/aromatic N) is 1. The third-order valence-corrected chi connectivity index (χ3v) is 5.11. The summed E-state index contributed by atoms with van der Waals surface area (Å²) >= 11 is 0. The molecule has 0 radical (unpaired) electrons. The summed E-state index contributed by atoms with van der Waals surface area (Å²) in [7, 11) is 0. The van der Waals surface area contributed by atoms with Crippen LogP contribution in [0.15, 0.2) is 59.0 Å². The van der Waals surface area contributed by atoms with Gasteiger partial charge in [-0.2, -0.15) is 0 Å². The van der Waals surface area contributed by atoms with Gasteiger partial charge in [0.05, 0.1) is 12.3 Å². The Bertz CT molecular complexity index is 867. The molecule has 0 bridgehead atoms. The van der Waals surface area contributed by atoms with Crippen molar-refractivity contribution in [2.24, 2.45) is 5.92 Å². The lowest BCUT2D eigenvalue weighted by Gasteiger charge is -2.10. The van der Waals surface area contributed by atoms with E-state index in [1.165, 1.54) is 12.0 Å². The van der Waals surface area contributed by atoms with Gasteiger partial charge in [0, 0.05) is 12.0 Å². The van der Waals surface area contributed by atoms with Crippen LogP contribution in [0.4, 0.5) is 0 Å². The highest BCUT2D eigenvalue weighted by Crippen LogP contribution is 2.23. The zero-order valence-electron chi connectivity index (χ0n) is 15.8. The largest absolute Gasteiger partial charge is 0.493 e. The van der Waals surface area contributed by atoms with E-state index in [0.717, 1.165) is 54.6 Å². The monoisotopic (exact) mass is 362 g/mol. The van der Waals surface area contributed by atoms with Crippen LogP contribution in [0.2, 0.25) is 0 Å². The van der Waals surface area contributed by atoms with Gasteiger partial charge in [-0.25, -0.2) is 4.98 Å². The Morgan fingerprint density at radius 3 is 2.85 bits per heavy atom. The molecule has 0 unspecified atom stereocenters. The second-order valence-electron chi connectivity index (χ2n) is 7.20. The molecule has 4 heteroatoms. The third-order valence-electron chi connectivity index (χ3n) is 5.11. The Morgan fingerprint density at radius 1 is 1.15 bits per heavy atom. The van der Waals surface area contributed by atoms with E-state index in [2.05, 4.69) is 28.5 Å². The van der Waals surface area contributed by atoms with Crippen molar-refractivity contribution in [3.05, 3.63) is 71.6 Å². The van der Waals surface area contributed by atoms with Crippen LogP contribution in [-0.2, 0) is 12.8 Å². The van der Waals surface area contributed by atoms with Crippen molar-refractivity contribution >= 4 is 0 Å². The number of nitrogens with one attached hydrogen (secondary N) is 1. The van der Waals surface area contributed by atoms with Gasteiger partial charge < -0.3 is 14.5 Å². The Morgan fingerprint density at radius 2 is 2.04 bits per heavy atom. The molecule has 1 N–H and O–H groups in total. The quantitative estimate of drug-likeness (QED) is 0.676. The molecule has 27 heavy (non-hydrogen) atoms. The average Bonchev–Trinajstić information content (AvgIpc) is 3.33. The van der Waals surface area contributed by atoms with Gasteiger partial charge in [-0.1, -0.05) is 30.3 Å². The van der Waals surface area contributed by atoms with E-state index in [1.807, 2.05) is 43.3 Å². The van der Waals surface area contributed by atoms with Crippen LogP contribution in [0.5, 0.6) is 5.75 Å². The highest BCUT2D eigenvalue weighted by atomic mass is 16.5. The van der Waals surface area contributed by atoms with Gasteiger partial charge in [0.1, 0.15) is 11.5 Å². The molecule has 1 aliphatic heterocycles. The first kappa shape index (κ1) is 17.8. The fourth-order valence-electron chi connectivity index (χ4n) is 3.61. The molecule has 0 aliphatic carbocycles. The predicted octanol–water partition coefficient (Wildman–Crippen LogP) is 4.42. The minimum atomic E-state index is 0.593. The van der Waals surface area contributed by atoms with Crippen molar-refractivity contribution in [2.45, 2.75) is 26.2 Å². The molecule has 2 heterocycles. The van der Waals surface area contributed by atoms with E-state index in [0.29, 0.717) is 12.5 Å². The van der Waals surface area contributed by atoms with Crippen LogP contribution < -0.4 is 10.1 Å². The smallest absolute Gasteiger partial charge is 0.226 e. The van der Waals surface area contributed by atoms with Crippen LogP contribution in [0.1, 0.15) is 23.4 Å². The molecule has 140 valence electrons. The zero-order chi connectivity index (χ0) is 18.5. The number of ether oxygens (including phenoxy) is 1. The molecule has 1 atom stereocenters. The van der Waals surface area contributed by atoms with Gasteiger partial charge in [0.2, 0.25) is 5.89 Å². The molecule has 1 aromatic heterocycles. The Labute approximate surface area is 160 Å². The summed E-state index contributed by atoms with van der Waals surface area (Å²) < 4.78 is 11.8. The van der Waals surface area contributed by atoms with E-state index in [1.54, 1.807) is 0 Å². The fourth-order valence-corrected chi connectivity index (χ4v) is 3.61. The van der Waals surface area contributed by atoms with Gasteiger partial charge in [-0.15, -0.1) is 0 Å². The van der Waals surface area contributed by atoms with E-state index < -0.39 is 0 Å². The van der Waals surface area contributed by atoms with Crippen LogP contribution in [0.25, 0.3) is 11.5 Å². The highest BCUT2D eigenvalue weighted by Gasteiger charge is 2.15. The van der Waals surface area contributed by atoms with Crippen LogP contribution in [0.3, 0.4) is 0 Å². The lowest BCUT2D eigenvalue weighted by Crippen LogP contribution is -2.10. The molecule has 1 saturated heterocycles. The Kier molecular flexibility index (Phi) is 5.54. The average molecular weight is 362 g/mol. The molecule has 2 aromatic carbocycles. The fraction of sp³-hybridized carbons (Fsp3) is 0.348. The number of hydrogen-bond acceptors (Lipinski definition) is 4. The van der Waals surface area contributed by atoms with E-state index in [9.17, 15) is 0 Å². The number of aromatic nitrogens is 1. The first-order valence-electron chi connectivity index (χ1n) is 9.72. The molecule has 0 spiro atoms. The van der Waals surface area contributed by atoms with Crippen LogP contribution in [0, 0.1) is 12.8 Å². The molecule has 4 nitrogen and oxygen atoms in total. The van der Waals surface area contributed by atoms with Gasteiger partial charge in [0.25, 0.3) is 0 Å². The van der Waals surface area contributed by atoms with Gasteiger partial charge in [-0.3, -0.25) is 0 Å². The normalized spacial score (nSPS) is 16.6.